The number of pyridine rings is 1. The first-order valence-corrected chi connectivity index (χ1v) is 13.5. The highest BCUT2D eigenvalue weighted by molar-refractivity contribution is 6.25. The molecule has 212 valence electrons. The molecule has 2 atom stereocenters. The third kappa shape index (κ3) is 3.64. The van der Waals surface area contributed by atoms with Crippen LogP contribution in [0.25, 0.3) is 0 Å². The van der Waals surface area contributed by atoms with Gasteiger partial charge in [0.15, 0.2) is 0 Å². The number of hydrogen-bond acceptors (Lipinski definition) is 8. The number of nitrogens with zero attached hydrogens (tertiary/aromatic N) is 4. The van der Waals surface area contributed by atoms with Gasteiger partial charge in [0.2, 0.25) is 11.8 Å². The van der Waals surface area contributed by atoms with Gasteiger partial charge in [-0.25, -0.2) is 10.3 Å². The lowest BCUT2D eigenvalue weighted by molar-refractivity contribution is -0.384. The standard InChI is InChI=1S/C32H23N5O6/c1-43-25-15-19(37(41)42)12-13-24(25)36-30(39)27-26-20-8-2-4-10-22(20)32(28(27)31(36)40,23-11-5-3-9-21(23)26)17-34-35-29(38)18-7-6-14-33-16-18/h2-17,26-28H,1H3,(H,35,38). The predicted molar refractivity (Wildman–Crippen MR) is 155 cm³/mol. The SMILES string of the molecule is COc1cc([N+](=O)[O-])ccc1N1C(=O)C2C3c4ccccc4C(C=NNC(=O)c4cccnc4)(c4ccccc43)C2C1=O. The molecule has 3 aliphatic carbocycles. The van der Waals surface area contributed by atoms with Crippen LogP contribution in [0.15, 0.2) is 96.4 Å². The number of imide groups is 1. The van der Waals surface area contributed by atoms with Gasteiger partial charge in [-0.2, -0.15) is 5.10 Å². The van der Waals surface area contributed by atoms with Crippen molar-refractivity contribution >= 4 is 35.3 Å². The number of methoxy groups -OCH3 is 1. The number of amides is 3. The lowest BCUT2D eigenvalue weighted by atomic mass is 9.47. The Morgan fingerprint density at radius 3 is 2.35 bits per heavy atom. The molecule has 4 aliphatic rings. The monoisotopic (exact) mass is 573 g/mol. The molecule has 1 N–H and O–H groups in total. The van der Waals surface area contributed by atoms with Crippen LogP contribution in [0.1, 0.15) is 38.5 Å². The zero-order valence-corrected chi connectivity index (χ0v) is 22.7. The molecule has 43 heavy (non-hydrogen) atoms. The Hall–Kier alpha value is -5.71. The Labute approximate surface area is 245 Å². The van der Waals surface area contributed by atoms with Gasteiger partial charge in [0.1, 0.15) is 5.75 Å². The molecule has 4 aromatic rings. The van der Waals surface area contributed by atoms with Gasteiger partial charge in [0.05, 0.1) is 46.6 Å². The molecule has 3 amide bonds. The largest absolute Gasteiger partial charge is 0.494 e. The molecule has 2 heterocycles. The minimum absolute atomic E-state index is 0.0309. The van der Waals surface area contributed by atoms with Crippen molar-refractivity contribution in [1.82, 2.24) is 10.4 Å². The van der Waals surface area contributed by atoms with Crippen molar-refractivity contribution in [3.05, 3.63) is 129 Å². The first-order valence-electron chi connectivity index (χ1n) is 13.5. The lowest BCUT2D eigenvalue weighted by Crippen LogP contribution is -2.54. The van der Waals surface area contributed by atoms with E-state index in [0.717, 1.165) is 27.2 Å². The molecule has 3 aromatic carbocycles. The molecule has 1 saturated heterocycles. The first kappa shape index (κ1) is 26.2. The molecule has 0 spiro atoms. The van der Waals surface area contributed by atoms with E-state index in [9.17, 15) is 24.5 Å². The number of benzene rings is 3. The summed E-state index contributed by atoms with van der Waals surface area (Å²) >= 11 is 0. The average Bonchev–Trinajstić information content (AvgIpc) is 3.31. The number of nitro groups is 1. The topological polar surface area (TPSA) is 144 Å². The average molecular weight is 574 g/mol. The zero-order chi connectivity index (χ0) is 29.9. The number of nitro benzene ring substituents is 1. The van der Waals surface area contributed by atoms with Crippen LogP contribution < -0.4 is 15.1 Å². The van der Waals surface area contributed by atoms with E-state index in [2.05, 4.69) is 15.5 Å². The summed E-state index contributed by atoms with van der Waals surface area (Å²) in [5.74, 6) is -3.48. The van der Waals surface area contributed by atoms with Crippen molar-refractivity contribution in [2.24, 2.45) is 16.9 Å². The number of hydrogen-bond donors (Lipinski definition) is 1. The molecule has 1 aliphatic heterocycles. The van der Waals surface area contributed by atoms with Crippen LogP contribution in [0.3, 0.4) is 0 Å². The number of ether oxygens (including phenoxy) is 1. The molecule has 11 heteroatoms. The van der Waals surface area contributed by atoms with Gasteiger partial charge in [-0.3, -0.25) is 29.5 Å². The van der Waals surface area contributed by atoms with Crippen LogP contribution in [-0.4, -0.2) is 41.0 Å². The molecule has 0 saturated carbocycles. The number of carbonyl (C=O) groups excluding carboxylic acids is 3. The van der Waals surface area contributed by atoms with E-state index in [1.54, 1.807) is 24.5 Å². The number of non-ortho nitro benzene ring substituents is 1. The predicted octanol–water partition coefficient (Wildman–Crippen LogP) is 3.97. The number of carbonyl (C=O) groups is 3. The smallest absolute Gasteiger partial charge is 0.273 e. The summed E-state index contributed by atoms with van der Waals surface area (Å²) in [6.07, 6.45) is 4.54. The highest BCUT2D eigenvalue weighted by atomic mass is 16.6. The quantitative estimate of drug-likeness (QED) is 0.159. The summed E-state index contributed by atoms with van der Waals surface area (Å²) in [5, 5.41) is 15.8. The van der Waals surface area contributed by atoms with Gasteiger partial charge in [0.25, 0.3) is 11.6 Å². The molecule has 2 bridgehead atoms. The van der Waals surface area contributed by atoms with Gasteiger partial charge in [-0.05, 0) is 40.5 Å². The summed E-state index contributed by atoms with van der Waals surface area (Å²) in [7, 11) is 1.33. The van der Waals surface area contributed by atoms with Crippen molar-refractivity contribution in [2.75, 3.05) is 12.0 Å². The van der Waals surface area contributed by atoms with E-state index in [1.165, 1.54) is 31.5 Å². The van der Waals surface area contributed by atoms with Gasteiger partial charge in [-0.15, -0.1) is 0 Å². The molecule has 1 fully saturated rings. The minimum atomic E-state index is -1.20. The van der Waals surface area contributed by atoms with Crippen molar-refractivity contribution < 1.29 is 24.0 Å². The zero-order valence-electron chi connectivity index (χ0n) is 22.7. The van der Waals surface area contributed by atoms with Gasteiger partial charge >= 0.3 is 0 Å². The Kier molecular flexibility index (Phi) is 5.91. The minimum Gasteiger partial charge on any atom is -0.494 e. The van der Waals surface area contributed by atoms with Gasteiger partial charge in [-0.1, -0.05) is 48.5 Å². The van der Waals surface area contributed by atoms with E-state index in [-0.39, 0.29) is 17.1 Å². The maximum absolute atomic E-state index is 14.5. The maximum atomic E-state index is 14.5. The molecular formula is C32H23N5O6. The van der Waals surface area contributed by atoms with Crippen LogP contribution >= 0.6 is 0 Å². The summed E-state index contributed by atoms with van der Waals surface area (Å²) in [5.41, 5.74) is 4.99. The fraction of sp³-hybridized carbons (Fsp3) is 0.156. The summed E-state index contributed by atoms with van der Waals surface area (Å²) in [6, 6.07) is 22.3. The summed E-state index contributed by atoms with van der Waals surface area (Å²) < 4.78 is 5.42. The van der Waals surface area contributed by atoms with Crippen molar-refractivity contribution in [3.63, 3.8) is 0 Å². The Morgan fingerprint density at radius 2 is 1.72 bits per heavy atom. The summed E-state index contributed by atoms with van der Waals surface area (Å²) in [6.45, 7) is 0. The van der Waals surface area contributed by atoms with E-state index in [1.807, 2.05) is 48.5 Å². The number of nitrogens with one attached hydrogen (secondary N) is 1. The van der Waals surface area contributed by atoms with E-state index in [0.29, 0.717) is 5.56 Å². The normalized spacial score (nSPS) is 23.1. The fourth-order valence-corrected chi connectivity index (χ4v) is 7.01. The van der Waals surface area contributed by atoms with Crippen molar-refractivity contribution in [2.45, 2.75) is 11.3 Å². The second-order valence-electron chi connectivity index (χ2n) is 10.6. The highest BCUT2D eigenvalue weighted by Gasteiger charge is 2.68. The van der Waals surface area contributed by atoms with E-state index >= 15 is 0 Å². The number of aromatic nitrogens is 1. The van der Waals surface area contributed by atoms with Crippen LogP contribution in [-0.2, 0) is 15.0 Å². The number of anilines is 1. The maximum Gasteiger partial charge on any atom is 0.273 e. The highest BCUT2D eigenvalue weighted by Crippen LogP contribution is 2.64. The van der Waals surface area contributed by atoms with Crippen LogP contribution in [0.2, 0.25) is 0 Å². The molecule has 8 rings (SSSR count). The second kappa shape index (κ2) is 9.69. The molecule has 0 radical (unpaired) electrons. The second-order valence-corrected chi connectivity index (χ2v) is 10.6. The third-order valence-electron chi connectivity index (χ3n) is 8.66. The van der Waals surface area contributed by atoms with Crippen molar-refractivity contribution in [1.29, 1.82) is 0 Å². The molecule has 2 unspecified atom stereocenters. The van der Waals surface area contributed by atoms with Crippen LogP contribution in [0.4, 0.5) is 11.4 Å². The fourth-order valence-electron chi connectivity index (χ4n) is 7.01. The Balaban J connectivity index is 1.41. The molecular weight excluding hydrogens is 550 g/mol. The Bertz CT molecular complexity index is 1830. The lowest BCUT2D eigenvalue weighted by Gasteiger charge is -2.52. The van der Waals surface area contributed by atoms with Crippen LogP contribution in [0, 0.1) is 22.0 Å². The van der Waals surface area contributed by atoms with Crippen LogP contribution in [0.5, 0.6) is 5.75 Å². The van der Waals surface area contributed by atoms with Crippen molar-refractivity contribution in [3.8, 4) is 5.75 Å². The first-order chi connectivity index (χ1) is 20.9. The van der Waals surface area contributed by atoms with E-state index < -0.39 is 45.8 Å². The van der Waals surface area contributed by atoms with Gasteiger partial charge < -0.3 is 4.74 Å². The third-order valence-corrected chi connectivity index (χ3v) is 8.66. The van der Waals surface area contributed by atoms with Gasteiger partial charge in [0, 0.05) is 30.6 Å². The molecule has 1 aromatic heterocycles. The number of hydrazone groups is 1. The number of rotatable bonds is 6. The van der Waals surface area contributed by atoms with E-state index in [4.69, 9.17) is 4.74 Å². The Morgan fingerprint density at radius 1 is 1.02 bits per heavy atom. The molecule has 11 nitrogen and oxygen atoms in total. The summed E-state index contributed by atoms with van der Waals surface area (Å²) in [4.78, 5) is 57.6.